The Morgan fingerprint density at radius 1 is 1.55 bits per heavy atom. The minimum Gasteiger partial charge on any atom is -0.462 e. The van der Waals surface area contributed by atoms with Gasteiger partial charge in [-0.2, -0.15) is 0 Å². The van der Waals surface area contributed by atoms with E-state index < -0.39 is 5.97 Å². The van der Waals surface area contributed by atoms with E-state index in [0.717, 1.165) is 3.97 Å². The van der Waals surface area contributed by atoms with Gasteiger partial charge in [0.1, 0.15) is 5.52 Å². The second kappa shape index (κ2) is 5.61. The molecule has 2 aromatic rings. The summed E-state index contributed by atoms with van der Waals surface area (Å²) < 4.78 is 21.1. The number of pyridine rings is 1. The molecule has 20 heavy (non-hydrogen) atoms. The number of aryl methyl sites for hydroxylation is 1. The van der Waals surface area contributed by atoms with E-state index in [2.05, 4.69) is 15.9 Å². The highest BCUT2D eigenvalue weighted by atomic mass is 79.9. The van der Waals surface area contributed by atoms with Gasteiger partial charge in [-0.15, -0.1) is 3.89 Å². The van der Waals surface area contributed by atoms with Crippen molar-refractivity contribution in [1.29, 1.82) is 0 Å². The smallest absolute Gasteiger partial charge is 0.340 e. The third-order valence-corrected chi connectivity index (χ3v) is 4.17. The van der Waals surface area contributed by atoms with Crippen molar-refractivity contribution in [3.63, 3.8) is 0 Å². The third-order valence-electron chi connectivity index (χ3n) is 2.97. The predicted octanol–water partition coefficient (Wildman–Crippen LogP) is 2.97. The Labute approximate surface area is 127 Å². The highest BCUT2D eigenvalue weighted by Gasteiger charge is 2.26. The van der Waals surface area contributed by atoms with Crippen molar-refractivity contribution in [2.24, 2.45) is 7.05 Å². The van der Waals surface area contributed by atoms with Gasteiger partial charge in [0.2, 0.25) is 0 Å². The molecule has 2 rings (SSSR count). The van der Waals surface area contributed by atoms with Gasteiger partial charge in [-0.05, 0) is 29.8 Å². The minimum atomic E-state index is -0.572. The molecule has 2 heterocycles. The van der Waals surface area contributed by atoms with E-state index in [1.54, 1.807) is 27.1 Å². The molecule has 5 nitrogen and oxygen atoms in total. The number of rotatable bonds is 3. The molecule has 0 spiro atoms. The van der Waals surface area contributed by atoms with Crippen LogP contribution in [0.1, 0.15) is 23.0 Å². The van der Waals surface area contributed by atoms with Crippen molar-refractivity contribution in [2.75, 3.05) is 6.61 Å². The summed E-state index contributed by atoms with van der Waals surface area (Å²) in [7, 11) is 1.56. The van der Waals surface area contributed by atoms with Crippen LogP contribution in [-0.2, 0) is 11.8 Å². The largest absolute Gasteiger partial charge is 0.462 e. The molecule has 0 aliphatic rings. The normalized spacial score (nSPS) is 11.1. The molecule has 0 unspecified atom stereocenters. The first-order valence-corrected chi connectivity index (χ1v) is 7.27. The third kappa shape index (κ3) is 2.16. The summed E-state index contributed by atoms with van der Waals surface area (Å²) in [5.41, 5.74) is 0.286. The van der Waals surface area contributed by atoms with Crippen molar-refractivity contribution in [3.8, 4) is 0 Å². The van der Waals surface area contributed by atoms with Crippen LogP contribution < -0.4 is 5.56 Å². The first kappa shape index (κ1) is 15.1. The summed E-state index contributed by atoms with van der Waals surface area (Å²) in [6, 6.07) is 0. The fourth-order valence-electron chi connectivity index (χ4n) is 2.10. The number of fused-ring (bicyclic) bond motifs is 1. The fourth-order valence-corrected chi connectivity index (χ4v) is 3.22. The molecule has 0 atom stereocenters. The first-order valence-electron chi connectivity index (χ1n) is 5.80. The van der Waals surface area contributed by atoms with Crippen LogP contribution in [-0.4, -0.2) is 21.1 Å². The van der Waals surface area contributed by atoms with Gasteiger partial charge in [0.25, 0.3) is 5.56 Å². The van der Waals surface area contributed by atoms with E-state index in [-0.39, 0.29) is 35.6 Å². The summed E-state index contributed by atoms with van der Waals surface area (Å²) in [6.07, 6.45) is 1.54. The van der Waals surface area contributed by atoms with Gasteiger partial charge in [0.15, 0.2) is 12.3 Å². The van der Waals surface area contributed by atoms with Crippen molar-refractivity contribution in [3.05, 3.63) is 32.3 Å². The number of halogens is 2. The Morgan fingerprint density at radius 2 is 2.20 bits per heavy atom. The van der Waals surface area contributed by atoms with Crippen molar-refractivity contribution in [2.45, 2.75) is 13.8 Å². The Bertz CT molecular complexity index is 753. The Balaban J connectivity index is 2.96. The molecule has 0 aliphatic carbocycles. The van der Waals surface area contributed by atoms with Crippen LogP contribution in [0.15, 0.2) is 15.5 Å². The maximum atomic E-state index is 13.2. The quantitative estimate of drug-likeness (QED) is 0.787. The lowest BCUT2D eigenvalue weighted by atomic mass is 10.1. The van der Waals surface area contributed by atoms with Crippen LogP contribution in [0.4, 0.5) is 3.89 Å². The van der Waals surface area contributed by atoms with Gasteiger partial charge in [-0.3, -0.25) is 8.77 Å². The molecule has 0 aromatic carbocycles. The molecule has 0 radical (unpaired) electrons. The van der Waals surface area contributed by atoms with Gasteiger partial charge < -0.3 is 9.30 Å². The van der Waals surface area contributed by atoms with Gasteiger partial charge in [-0.25, -0.2) is 4.79 Å². The topological polar surface area (TPSA) is 53.2 Å². The summed E-state index contributed by atoms with van der Waals surface area (Å²) in [5.74, 6) is -0.572. The summed E-state index contributed by atoms with van der Waals surface area (Å²) >= 11 is 3.20. The minimum absolute atomic E-state index is 0.112. The van der Waals surface area contributed by atoms with Crippen LogP contribution in [0, 0.1) is 6.92 Å². The molecular formula is C12H12BrFN2O3S. The average molecular weight is 363 g/mol. The fraction of sp³-hybridized carbons (Fsp3) is 0.333. The lowest BCUT2D eigenvalue weighted by Crippen LogP contribution is -2.17. The van der Waals surface area contributed by atoms with E-state index in [9.17, 15) is 13.5 Å². The van der Waals surface area contributed by atoms with Crippen molar-refractivity contribution >= 4 is 45.1 Å². The zero-order chi connectivity index (χ0) is 15.0. The zero-order valence-electron chi connectivity index (χ0n) is 11.1. The van der Waals surface area contributed by atoms with Crippen LogP contribution in [0.25, 0.3) is 10.9 Å². The van der Waals surface area contributed by atoms with Gasteiger partial charge >= 0.3 is 5.97 Å². The van der Waals surface area contributed by atoms with E-state index in [0.29, 0.717) is 15.6 Å². The van der Waals surface area contributed by atoms with Crippen molar-refractivity contribution in [1.82, 2.24) is 8.54 Å². The summed E-state index contributed by atoms with van der Waals surface area (Å²) in [4.78, 5) is 24.3. The van der Waals surface area contributed by atoms with E-state index in [1.807, 2.05) is 0 Å². The lowest BCUT2D eigenvalue weighted by molar-refractivity contribution is 0.0528. The lowest BCUT2D eigenvalue weighted by Gasteiger charge is -2.03. The Hall–Kier alpha value is -1.28. The standard InChI is InChI=1S/C12H12BrFN2O3S/c1-4-19-12(18)8-6(2)16(20-14)10-9(8)7(13)5-15(3)11(10)17/h5H,4H2,1-3H3. The Morgan fingerprint density at radius 3 is 2.75 bits per heavy atom. The maximum Gasteiger partial charge on any atom is 0.340 e. The first-order chi connectivity index (χ1) is 9.43. The number of ether oxygens (including phenoxy) is 1. The zero-order valence-corrected chi connectivity index (χ0v) is 13.5. The molecule has 0 amide bonds. The number of nitrogens with zero attached hydrogens (tertiary/aromatic N) is 2. The van der Waals surface area contributed by atoms with Crippen LogP contribution in [0.5, 0.6) is 0 Å². The maximum absolute atomic E-state index is 13.2. The van der Waals surface area contributed by atoms with Crippen LogP contribution in [0.2, 0.25) is 0 Å². The number of esters is 1. The predicted molar refractivity (Wildman–Crippen MR) is 79.7 cm³/mol. The SMILES string of the molecule is CCOC(=O)c1c(C)n(SF)c2c(=O)n(C)cc(Br)c12. The Kier molecular flexibility index (Phi) is 4.24. The second-order valence-corrected chi connectivity index (χ2v) is 5.52. The summed E-state index contributed by atoms with van der Waals surface area (Å²) in [6.45, 7) is 3.46. The van der Waals surface area contributed by atoms with Crippen LogP contribution in [0.3, 0.4) is 0 Å². The molecule has 8 heteroatoms. The van der Waals surface area contributed by atoms with Crippen LogP contribution >= 0.6 is 28.3 Å². The van der Waals surface area contributed by atoms with Crippen molar-refractivity contribution < 1.29 is 13.4 Å². The molecule has 0 N–H and O–H groups in total. The monoisotopic (exact) mass is 362 g/mol. The second-order valence-electron chi connectivity index (χ2n) is 4.16. The average Bonchev–Trinajstić information content (AvgIpc) is 2.69. The van der Waals surface area contributed by atoms with E-state index >= 15 is 0 Å². The van der Waals surface area contributed by atoms with Gasteiger partial charge in [0.05, 0.1) is 12.2 Å². The van der Waals surface area contributed by atoms with E-state index in [4.69, 9.17) is 4.74 Å². The van der Waals surface area contributed by atoms with Gasteiger partial charge in [-0.1, -0.05) is 0 Å². The number of hydrogen-bond donors (Lipinski definition) is 0. The molecule has 2 aromatic heterocycles. The summed E-state index contributed by atoms with van der Waals surface area (Å²) in [5, 5.41) is 0.370. The molecule has 0 saturated carbocycles. The highest BCUT2D eigenvalue weighted by molar-refractivity contribution is 9.10. The highest BCUT2D eigenvalue weighted by Crippen LogP contribution is 2.33. The molecular weight excluding hydrogens is 351 g/mol. The number of carbonyl (C=O) groups excluding carboxylic acids is 1. The number of carbonyl (C=O) groups is 1. The molecule has 108 valence electrons. The molecule has 0 fully saturated rings. The number of hydrogen-bond acceptors (Lipinski definition) is 4. The number of aromatic nitrogens is 2. The molecule has 0 aliphatic heterocycles. The molecule has 0 bridgehead atoms. The molecule has 0 saturated heterocycles. The van der Waals surface area contributed by atoms with E-state index in [1.165, 1.54) is 4.57 Å². The van der Waals surface area contributed by atoms with Gasteiger partial charge in [0, 0.05) is 28.8 Å².